The molecule has 0 fully saturated rings. The number of pyridine rings is 1. The molecule has 2 aromatic carbocycles. The molecule has 1 aliphatic rings. The first-order valence-corrected chi connectivity index (χ1v) is 25.6. The lowest BCUT2D eigenvalue weighted by molar-refractivity contribution is -0.671. The van der Waals surface area contributed by atoms with Crippen molar-refractivity contribution in [1.29, 1.82) is 0 Å². The molecule has 0 radical (unpaired) electrons. The smallest absolute Gasteiger partial charge is 0.330 e. The highest BCUT2D eigenvalue weighted by Gasteiger charge is 2.24. The number of nitrogens with one attached hydrogen (secondary N) is 1. The first kappa shape index (κ1) is 50.3. The van der Waals surface area contributed by atoms with Gasteiger partial charge in [0.15, 0.2) is 6.20 Å². The van der Waals surface area contributed by atoms with Gasteiger partial charge in [0.05, 0.1) is 43.5 Å². The van der Waals surface area contributed by atoms with Crippen LogP contribution >= 0.6 is 7.60 Å². The average Bonchev–Trinajstić information content (AvgIpc) is 3.26. The molecule has 9 nitrogen and oxygen atoms in total. The number of nitrogens with zero attached hydrogens (tertiary/aromatic N) is 2. The van der Waals surface area contributed by atoms with E-state index in [1.807, 2.05) is 19.9 Å². The van der Waals surface area contributed by atoms with E-state index in [1.54, 1.807) is 6.08 Å². The number of rotatable bonds is 32. The SMILES string of the molecule is CCCCCCCCCCCCC/C=C/C(O)C(CO)NC(=O)CCCCCN1CCCc2cc(C=Cc3cc[n+](CCCP(=O)(OCC)OCC)c4ccccc34)ccc21. The number of amides is 1. The molecular weight excluding hydrogens is 782 g/mol. The zero-order valence-electron chi connectivity index (χ0n) is 37.9. The maximum Gasteiger partial charge on any atom is 0.330 e. The van der Waals surface area contributed by atoms with Crippen LogP contribution in [0.5, 0.6) is 0 Å². The molecule has 2 heterocycles. The van der Waals surface area contributed by atoms with Crippen molar-refractivity contribution in [3.05, 3.63) is 83.6 Å². The Morgan fingerprint density at radius 1 is 0.869 bits per heavy atom. The fourth-order valence-corrected chi connectivity index (χ4v) is 10.1. The van der Waals surface area contributed by atoms with E-state index in [9.17, 15) is 19.6 Å². The van der Waals surface area contributed by atoms with Crippen LogP contribution in [0.15, 0.2) is 66.9 Å². The zero-order chi connectivity index (χ0) is 43.5. The Morgan fingerprint density at radius 3 is 2.30 bits per heavy atom. The van der Waals surface area contributed by atoms with Gasteiger partial charge >= 0.3 is 7.60 Å². The molecule has 0 bridgehead atoms. The molecule has 10 heteroatoms. The summed E-state index contributed by atoms with van der Waals surface area (Å²) >= 11 is 0. The number of fused-ring (bicyclic) bond motifs is 2. The molecule has 61 heavy (non-hydrogen) atoms. The molecule has 3 aromatic rings. The van der Waals surface area contributed by atoms with Crippen molar-refractivity contribution >= 4 is 42.2 Å². The number of carbonyl (C=O) groups is 1. The van der Waals surface area contributed by atoms with E-state index in [1.165, 1.54) is 86.4 Å². The normalized spacial score (nSPS) is 14.3. The van der Waals surface area contributed by atoms with E-state index >= 15 is 0 Å². The van der Waals surface area contributed by atoms with Crippen molar-refractivity contribution in [3.63, 3.8) is 0 Å². The summed E-state index contributed by atoms with van der Waals surface area (Å²) in [4.78, 5) is 15.2. The molecule has 1 aliphatic heterocycles. The number of aryl methyl sites for hydroxylation is 2. The van der Waals surface area contributed by atoms with Crippen LogP contribution in [0.1, 0.15) is 153 Å². The quantitative estimate of drug-likeness (QED) is 0.0248. The highest BCUT2D eigenvalue weighted by atomic mass is 31.2. The number of allylic oxidation sites excluding steroid dienone is 1. The number of hydrogen-bond acceptors (Lipinski definition) is 7. The van der Waals surface area contributed by atoms with Crippen LogP contribution in [0.3, 0.4) is 0 Å². The standard InChI is InChI=1S/C51H78N3O6P/c1-4-7-8-9-10-11-12-13-14-15-16-17-19-29-50(56)47(42-55)52-51(57)30-20-18-23-36-53-37-24-26-45-41-43(32-34-48(45)53)31-33-44-35-39-54(49-28-22-21-27-46(44)49)38-25-40-61(58,59-5-2)60-6-3/h19,21-22,27-29,31-35,39,41,47,50,55-56H,4-18,20,23-26,30,36-38,40,42H2,1-3H3/p+1/b29-19+. The van der Waals surface area contributed by atoms with Crippen LogP contribution < -0.4 is 14.8 Å². The number of aliphatic hydroxyl groups is 2. The predicted octanol–water partition coefficient (Wildman–Crippen LogP) is 11.4. The Hall–Kier alpha value is -3.33. The van der Waals surface area contributed by atoms with Gasteiger partial charge in [0, 0.05) is 43.8 Å². The summed E-state index contributed by atoms with van der Waals surface area (Å²) in [6.45, 7) is 9.13. The van der Waals surface area contributed by atoms with Crippen LogP contribution in [0, 0.1) is 0 Å². The van der Waals surface area contributed by atoms with E-state index in [-0.39, 0.29) is 12.5 Å². The van der Waals surface area contributed by atoms with Gasteiger partial charge in [-0.05, 0) is 87.3 Å². The van der Waals surface area contributed by atoms with Crippen LogP contribution in [-0.2, 0) is 31.4 Å². The second kappa shape index (κ2) is 29.1. The van der Waals surface area contributed by atoms with Gasteiger partial charge in [0.2, 0.25) is 11.4 Å². The summed E-state index contributed by atoms with van der Waals surface area (Å²) in [5.74, 6) is -0.118. The van der Waals surface area contributed by atoms with E-state index in [2.05, 4.69) is 88.6 Å². The third-order valence-electron chi connectivity index (χ3n) is 11.8. The molecule has 0 aliphatic carbocycles. The Kier molecular flexibility index (Phi) is 24.0. The maximum absolute atomic E-state index is 13.0. The largest absolute Gasteiger partial charge is 0.394 e. The van der Waals surface area contributed by atoms with Crippen LogP contribution in [0.4, 0.5) is 5.69 Å². The molecule has 2 atom stereocenters. The van der Waals surface area contributed by atoms with Crippen LogP contribution in [-0.4, -0.2) is 67.3 Å². The van der Waals surface area contributed by atoms with Crippen molar-refractivity contribution in [1.82, 2.24) is 5.32 Å². The van der Waals surface area contributed by atoms with Gasteiger partial charge < -0.3 is 29.5 Å². The minimum atomic E-state index is -3.07. The van der Waals surface area contributed by atoms with Gasteiger partial charge in [-0.25, -0.2) is 0 Å². The van der Waals surface area contributed by atoms with Gasteiger partial charge in [0.25, 0.3) is 0 Å². The monoisotopic (exact) mass is 861 g/mol. The maximum atomic E-state index is 13.0. The second-order valence-corrected chi connectivity index (χ2v) is 18.9. The van der Waals surface area contributed by atoms with Gasteiger partial charge in [-0.1, -0.05) is 120 Å². The summed E-state index contributed by atoms with van der Waals surface area (Å²) < 4.78 is 26.2. The molecule has 2 unspecified atom stereocenters. The number of anilines is 1. The van der Waals surface area contributed by atoms with Gasteiger partial charge in [-0.3, -0.25) is 9.36 Å². The van der Waals surface area contributed by atoms with E-state index in [0.717, 1.165) is 75.7 Å². The molecule has 4 rings (SSSR count). The molecule has 1 aromatic heterocycles. The van der Waals surface area contributed by atoms with Crippen molar-refractivity contribution in [3.8, 4) is 0 Å². The molecule has 1 amide bonds. The third-order valence-corrected chi connectivity index (χ3v) is 14.0. The highest BCUT2D eigenvalue weighted by Crippen LogP contribution is 2.48. The summed E-state index contributed by atoms with van der Waals surface area (Å²) in [5.41, 5.74) is 6.15. The van der Waals surface area contributed by atoms with E-state index in [0.29, 0.717) is 32.2 Å². The summed E-state index contributed by atoms with van der Waals surface area (Å²) in [7, 11) is -3.07. The Balaban J connectivity index is 1.16. The first-order valence-electron chi connectivity index (χ1n) is 23.9. The van der Waals surface area contributed by atoms with Gasteiger partial charge in [-0.2, -0.15) is 4.57 Å². The molecule has 338 valence electrons. The average molecular weight is 861 g/mol. The number of aromatic nitrogens is 1. The number of benzene rings is 2. The molecule has 0 spiro atoms. The third kappa shape index (κ3) is 18.1. The van der Waals surface area contributed by atoms with Crippen molar-refractivity contribution in [2.75, 3.05) is 44.0 Å². The summed E-state index contributed by atoms with van der Waals surface area (Å²) in [5, 5.41) is 24.5. The lowest BCUT2D eigenvalue weighted by Crippen LogP contribution is -2.45. The lowest BCUT2D eigenvalue weighted by Gasteiger charge is -2.31. The van der Waals surface area contributed by atoms with E-state index < -0.39 is 19.7 Å². The number of carbonyl (C=O) groups excluding carboxylic acids is 1. The minimum Gasteiger partial charge on any atom is -0.394 e. The number of hydrogen-bond donors (Lipinski definition) is 3. The summed E-state index contributed by atoms with van der Waals surface area (Å²) in [6.07, 6.45) is 31.0. The number of para-hydroxylation sites is 1. The van der Waals surface area contributed by atoms with Crippen molar-refractivity contribution < 1.29 is 33.2 Å². The number of aliphatic hydroxyl groups excluding tert-OH is 2. The lowest BCUT2D eigenvalue weighted by atomic mass is 9.98. The van der Waals surface area contributed by atoms with Crippen molar-refractivity contribution in [2.45, 2.75) is 161 Å². The molecular formula is C51H79N3O6P+. The van der Waals surface area contributed by atoms with Crippen LogP contribution in [0.2, 0.25) is 0 Å². The van der Waals surface area contributed by atoms with E-state index in [4.69, 9.17) is 9.05 Å². The predicted molar refractivity (Wildman–Crippen MR) is 254 cm³/mol. The minimum absolute atomic E-state index is 0.118. The molecule has 3 N–H and O–H groups in total. The fraction of sp³-hybridized carbons (Fsp3) is 0.608. The Morgan fingerprint density at radius 2 is 1.57 bits per heavy atom. The zero-order valence-corrected chi connectivity index (χ0v) is 38.8. The van der Waals surface area contributed by atoms with Crippen LogP contribution in [0.25, 0.3) is 23.1 Å². The second-order valence-electron chi connectivity index (χ2n) is 16.7. The fourth-order valence-electron chi connectivity index (χ4n) is 8.44. The first-order chi connectivity index (χ1) is 29.8. The molecule has 0 saturated carbocycles. The van der Waals surface area contributed by atoms with Crippen molar-refractivity contribution in [2.24, 2.45) is 0 Å². The Labute approximate surface area is 368 Å². The van der Waals surface area contributed by atoms with Gasteiger partial charge in [-0.15, -0.1) is 0 Å². The van der Waals surface area contributed by atoms with Gasteiger partial charge in [0.1, 0.15) is 6.54 Å². The Bertz CT molecular complexity index is 1800. The summed E-state index contributed by atoms with van der Waals surface area (Å²) in [6, 6.07) is 16.7. The molecule has 0 saturated heterocycles. The highest BCUT2D eigenvalue weighted by molar-refractivity contribution is 7.53. The number of unbranched alkanes of at least 4 members (excludes halogenated alkanes) is 13. The topological polar surface area (TPSA) is 112 Å².